The highest BCUT2D eigenvalue weighted by Gasteiger charge is 2.20. The van der Waals surface area contributed by atoms with Crippen molar-refractivity contribution in [2.75, 3.05) is 0 Å². The van der Waals surface area contributed by atoms with Gasteiger partial charge in [-0.05, 0) is 55.6 Å². The summed E-state index contributed by atoms with van der Waals surface area (Å²) in [5.41, 5.74) is 4.74. The Bertz CT molecular complexity index is 2200. The zero-order valence-corrected chi connectivity index (χ0v) is 19.9. The molecule has 172 valence electrons. The van der Waals surface area contributed by atoms with Crippen molar-refractivity contribution in [3.63, 3.8) is 0 Å². The van der Waals surface area contributed by atoms with Crippen molar-refractivity contribution >= 4 is 71.3 Å². The minimum Gasteiger partial charge on any atom is -0.455 e. The van der Waals surface area contributed by atoms with E-state index in [9.17, 15) is 4.79 Å². The third kappa shape index (κ3) is 2.78. The van der Waals surface area contributed by atoms with E-state index in [2.05, 4.69) is 91.0 Å². The molecule has 0 radical (unpaired) electrons. The number of carbonyl (C=O) groups is 1. The van der Waals surface area contributed by atoms with E-state index in [0.717, 1.165) is 44.7 Å². The fraction of sp³-hybridized carbons (Fsp3) is 0. The van der Waals surface area contributed by atoms with E-state index in [0.29, 0.717) is 5.56 Å². The molecule has 8 aromatic rings. The lowest BCUT2D eigenvalue weighted by molar-refractivity contribution is 0.112. The summed E-state index contributed by atoms with van der Waals surface area (Å²) in [6.07, 6.45) is 0.878. The molecule has 0 spiro atoms. The molecule has 0 aliphatic heterocycles. The molecule has 0 N–H and O–H groups in total. The maximum absolute atomic E-state index is 11.1. The molecule has 7 aromatic carbocycles. The zero-order valence-electron chi connectivity index (χ0n) is 19.9. The van der Waals surface area contributed by atoms with Crippen molar-refractivity contribution in [2.45, 2.75) is 0 Å². The maximum atomic E-state index is 11.1. The topological polar surface area (TPSA) is 30.2 Å². The standard InChI is InChI=1S/C35H20O2/c36-20-21-13-15-22(16-14-21)23-17-18-30-31(19-23)26-9-2-5-11-28(26)33-32-27-10-4-1-7-24(27)25-8-3-6-12-29(25)34(32)37-35(30)33/h1-20H. The average molecular weight is 473 g/mol. The normalized spacial score (nSPS) is 11.9. The molecule has 8 rings (SSSR count). The van der Waals surface area contributed by atoms with Crippen LogP contribution in [0.2, 0.25) is 0 Å². The molecule has 1 aromatic heterocycles. The number of furan rings is 1. The van der Waals surface area contributed by atoms with Crippen molar-refractivity contribution in [2.24, 2.45) is 0 Å². The average Bonchev–Trinajstić information content (AvgIpc) is 3.39. The lowest BCUT2D eigenvalue weighted by Crippen LogP contribution is -1.85. The number of hydrogen-bond acceptors (Lipinski definition) is 2. The van der Waals surface area contributed by atoms with Crippen LogP contribution >= 0.6 is 0 Å². The smallest absolute Gasteiger partial charge is 0.150 e. The molecule has 0 unspecified atom stereocenters. The predicted molar refractivity (Wildman–Crippen MR) is 155 cm³/mol. The van der Waals surface area contributed by atoms with E-state index in [4.69, 9.17) is 4.42 Å². The van der Waals surface area contributed by atoms with Crippen LogP contribution in [0.25, 0.3) is 76.2 Å². The van der Waals surface area contributed by atoms with Crippen LogP contribution in [0.1, 0.15) is 10.4 Å². The number of benzene rings is 7. The van der Waals surface area contributed by atoms with Crippen molar-refractivity contribution in [1.82, 2.24) is 0 Å². The summed E-state index contributed by atoms with van der Waals surface area (Å²) in [5, 5.41) is 11.8. The quantitative estimate of drug-likeness (QED) is 0.185. The Labute approximate surface area is 212 Å². The minimum atomic E-state index is 0.679. The predicted octanol–water partition coefficient (Wildman–Crippen LogP) is 9.68. The summed E-state index contributed by atoms with van der Waals surface area (Å²) in [6.45, 7) is 0. The van der Waals surface area contributed by atoms with Crippen LogP contribution in [0.3, 0.4) is 0 Å². The van der Waals surface area contributed by atoms with Gasteiger partial charge in [0.15, 0.2) is 0 Å². The van der Waals surface area contributed by atoms with Gasteiger partial charge in [-0.1, -0.05) is 103 Å². The van der Waals surface area contributed by atoms with Gasteiger partial charge in [-0.15, -0.1) is 0 Å². The molecule has 2 nitrogen and oxygen atoms in total. The van der Waals surface area contributed by atoms with E-state index in [-0.39, 0.29) is 0 Å². The van der Waals surface area contributed by atoms with Gasteiger partial charge in [-0.2, -0.15) is 0 Å². The number of carbonyl (C=O) groups excluding carboxylic acids is 1. The maximum Gasteiger partial charge on any atom is 0.150 e. The summed E-state index contributed by atoms with van der Waals surface area (Å²) in [4.78, 5) is 11.1. The minimum absolute atomic E-state index is 0.679. The summed E-state index contributed by atoms with van der Waals surface area (Å²) < 4.78 is 6.83. The van der Waals surface area contributed by atoms with E-state index < -0.39 is 0 Å². The molecule has 0 fully saturated rings. The highest BCUT2D eigenvalue weighted by Crippen LogP contribution is 2.46. The first-order valence-electron chi connectivity index (χ1n) is 12.5. The lowest BCUT2D eigenvalue weighted by atomic mass is 9.92. The van der Waals surface area contributed by atoms with Gasteiger partial charge in [-0.25, -0.2) is 0 Å². The Morgan fingerprint density at radius 2 is 0.892 bits per heavy atom. The second-order valence-electron chi connectivity index (χ2n) is 9.65. The van der Waals surface area contributed by atoms with Crippen molar-refractivity contribution < 1.29 is 9.21 Å². The molecule has 37 heavy (non-hydrogen) atoms. The molecule has 0 saturated heterocycles. The van der Waals surface area contributed by atoms with Crippen LogP contribution < -0.4 is 0 Å². The number of aldehydes is 1. The fourth-order valence-electron chi connectivity index (χ4n) is 6.01. The van der Waals surface area contributed by atoms with Crippen LogP contribution in [0, 0.1) is 0 Å². The number of hydrogen-bond donors (Lipinski definition) is 0. The van der Waals surface area contributed by atoms with Crippen LogP contribution in [0.15, 0.2) is 120 Å². The Hall–Kier alpha value is -4.95. The summed E-state index contributed by atoms with van der Waals surface area (Å²) in [7, 11) is 0. The van der Waals surface area contributed by atoms with Gasteiger partial charge in [0, 0.05) is 27.1 Å². The second-order valence-corrected chi connectivity index (χ2v) is 9.65. The zero-order chi connectivity index (χ0) is 24.5. The van der Waals surface area contributed by atoms with Crippen molar-refractivity contribution in [3.8, 4) is 11.1 Å². The van der Waals surface area contributed by atoms with Gasteiger partial charge >= 0.3 is 0 Å². The largest absolute Gasteiger partial charge is 0.455 e. The highest BCUT2D eigenvalue weighted by atomic mass is 16.3. The highest BCUT2D eigenvalue weighted by molar-refractivity contribution is 6.38. The van der Waals surface area contributed by atoms with E-state index >= 15 is 0 Å². The third-order valence-corrected chi connectivity index (χ3v) is 7.70. The number of fused-ring (bicyclic) bond motifs is 13. The van der Waals surface area contributed by atoms with Crippen molar-refractivity contribution in [3.05, 3.63) is 121 Å². The van der Waals surface area contributed by atoms with Gasteiger partial charge in [0.05, 0.1) is 0 Å². The molecule has 0 atom stereocenters. The van der Waals surface area contributed by atoms with Gasteiger partial charge in [0.1, 0.15) is 17.5 Å². The van der Waals surface area contributed by atoms with Crippen molar-refractivity contribution in [1.29, 1.82) is 0 Å². The lowest BCUT2D eigenvalue weighted by Gasteiger charge is -2.10. The Kier molecular flexibility index (Phi) is 4.12. The van der Waals surface area contributed by atoms with Gasteiger partial charge in [0.2, 0.25) is 0 Å². The first kappa shape index (κ1) is 20.3. The van der Waals surface area contributed by atoms with E-state index in [1.54, 1.807) is 0 Å². The summed E-state index contributed by atoms with van der Waals surface area (Å²) >= 11 is 0. The van der Waals surface area contributed by atoms with E-state index in [1.807, 2.05) is 24.3 Å². The summed E-state index contributed by atoms with van der Waals surface area (Å²) in [5.74, 6) is 0. The molecule has 0 aliphatic carbocycles. The molecule has 0 saturated carbocycles. The Morgan fingerprint density at radius 1 is 0.432 bits per heavy atom. The van der Waals surface area contributed by atoms with Gasteiger partial charge in [0.25, 0.3) is 0 Å². The molecular formula is C35H20O2. The molecule has 1 heterocycles. The SMILES string of the molecule is O=Cc1ccc(-c2ccc3c(c2)c2ccccc2c2c3oc3c4ccccc4c4ccccc4c32)cc1. The molecular weight excluding hydrogens is 452 g/mol. The Morgan fingerprint density at radius 3 is 1.49 bits per heavy atom. The molecule has 0 bridgehead atoms. The van der Waals surface area contributed by atoms with Crippen LogP contribution in [-0.4, -0.2) is 6.29 Å². The fourth-order valence-corrected chi connectivity index (χ4v) is 6.01. The second kappa shape index (κ2) is 7.52. The molecule has 2 heteroatoms. The monoisotopic (exact) mass is 472 g/mol. The first-order chi connectivity index (χ1) is 18.3. The van der Waals surface area contributed by atoms with Crippen LogP contribution in [-0.2, 0) is 0 Å². The van der Waals surface area contributed by atoms with Gasteiger partial charge in [-0.3, -0.25) is 4.79 Å². The first-order valence-corrected chi connectivity index (χ1v) is 12.5. The third-order valence-electron chi connectivity index (χ3n) is 7.70. The molecule has 0 aliphatic rings. The number of rotatable bonds is 2. The molecule has 0 amide bonds. The summed E-state index contributed by atoms with van der Waals surface area (Å²) in [6, 6.07) is 40.1. The Balaban J connectivity index is 1.57. The van der Waals surface area contributed by atoms with Gasteiger partial charge < -0.3 is 4.42 Å². The van der Waals surface area contributed by atoms with Crippen LogP contribution in [0.4, 0.5) is 0 Å². The van der Waals surface area contributed by atoms with Crippen LogP contribution in [0.5, 0.6) is 0 Å². The van der Waals surface area contributed by atoms with E-state index in [1.165, 1.54) is 37.7 Å².